The Labute approximate surface area is 144 Å². The number of hydrogen-bond acceptors (Lipinski definition) is 2. The van der Waals surface area contributed by atoms with Gasteiger partial charge in [0.15, 0.2) is 0 Å². The van der Waals surface area contributed by atoms with Gasteiger partial charge in [-0.15, -0.1) is 0 Å². The molecule has 24 heavy (non-hydrogen) atoms. The highest BCUT2D eigenvalue weighted by atomic mass is 16.2. The van der Waals surface area contributed by atoms with Crippen molar-refractivity contribution >= 4 is 11.9 Å². The number of rotatable bonds is 2. The smallest absolute Gasteiger partial charge is 0.319 e. The van der Waals surface area contributed by atoms with E-state index in [4.69, 9.17) is 0 Å². The minimum atomic E-state index is -0.953. The van der Waals surface area contributed by atoms with Crippen LogP contribution in [0.5, 0.6) is 0 Å². The van der Waals surface area contributed by atoms with E-state index in [1.165, 1.54) is 16.9 Å². The number of carbonyl (C=O) groups excluding carboxylic acids is 2. The molecule has 1 aromatic rings. The first-order valence-electron chi connectivity index (χ1n) is 9.00. The molecule has 1 atom stereocenters. The van der Waals surface area contributed by atoms with Crippen molar-refractivity contribution in [2.75, 3.05) is 0 Å². The standard InChI is InChI=1S/C20H28N2O2/c1-19(2,3)14-10-12-15(13-11-14)20(4)17(23)22(18(24)21-20)16-8-6-5-7-9-16/h10-13,16H,5-9H2,1-4H3,(H,21,24). The Morgan fingerprint density at radius 1 is 1.04 bits per heavy atom. The summed E-state index contributed by atoms with van der Waals surface area (Å²) in [6.45, 7) is 8.31. The molecule has 0 aromatic heterocycles. The fraction of sp³-hybridized carbons (Fsp3) is 0.600. The summed E-state index contributed by atoms with van der Waals surface area (Å²) >= 11 is 0. The Kier molecular flexibility index (Phi) is 4.18. The van der Waals surface area contributed by atoms with E-state index in [1.807, 2.05) is 19.1 Å². The number of hydrogen-bond donors (Lipinski definition) is 1. The van der Waals surface area contributed by atoms with Gasteiger partial charge in [0.05, 0.1) is 0 Å². The Morgan fingerprint density at radius 3 is 2.17 bits per heavy atom. The van der Waals surface area contributed by atoms with E-state index in [9.17, 15) is 9.59 Å². The molecule has 4 heteroatoms. The summed E-state index contributed by atoms with van der Waals surface area (Å²) in [5.74, 6) is -0.108. The Hall–Kier alpha value is -1.84. The van der Waals surface area contributed by atoms with Gasteiger partial charge in [0, 0.05) is 6.04 Å². The first kappa shape index (κ1) is 17.0. The average molecular weight is 328 g/mol. The van der Waals surface area contributed by atoms with E-state index in [0.717, 1.165) is 31.2 Å². The maximum absolute atomic E-state index is 13.1. The predicted octanol–water partition coefficient (Wildman–Crippen LogP) is 4.08. The molecular weight excluding hydrogens is 300 g/mol. The molecule has 1 aliphatic carbocycles. The van der Waals surface area contributed by atoms with Gasteiger partial charge in [-0.25, -0.2) is 4.79 Å². The van der Waals surface area contributed by atoms with Crippen molar-refractivity contribution in [3.05, 3.63) is 35.4 Å². The maximum atomic E-state index is 13.1. The zero-order valence-corrected chi connectivity index (χ0v) is 15.2. The topological polar surface area (TPSA) is 49.4 Å². The Bertz CT molecular complexity index is 639. The van der Waals surface area contributed by atoms with E-state index >= 15 is 0 Å². The summed E-state index contributed by atoms with van der Waals surface area (Å²) in [4.78, 5) is 27.0. The molecule has 1 unspecified atom stereocenters. The lowest BCUT2D eigenvalue weighted by Gasteiger charge is -2.30. The van der Waals surface area contributed by atoms with Crippen LogP contribution >= 0.6 is 0 Å². The van der Waals surface area contributed by atoms with Gasteiger partial charge < -0.3 is 5.32 Å². The normalized spacial score (nSPS) is 25.9. The lowest BCUT2D eigenvalue weighted by Crippen LogP contribution is -2.44. The van der Waals surface area contributed by atoms with E-state index in [-0.39, 0.29) is 23.4 Å². The fourth-order valence-electron chi connectivity index (χ4n) is 3.83. The summed E-state index contributed by atoms with van der Waals surface area (Å²) in [5, 5.41) is 2.94. The third-order valence-electron chi connectivity index (χ3n) is 5.49. The monoisotopic (exact) mass is 328 g/mol. The zero-order valence-electron chi connectivity index (χ0n) is 15.2. The SMILES string of the molecule is CC(C)(C)c1ccc(C2(C)NC(=O)N(C3CCCCC3)C2=O)cc1. The summed E-state index contributed by atoms with van der Waals surface area (Å²) in [6.07, 6.45) is 5.25. The Balaban J connectivity index is 1.87. The van der Waals surface area contributed by atoms with Crippen molar-refractivity contribution in [2.45, 2.75) is 76.8 Å². The highest BCUT2D eigenvalue weighted by molar-refractivity contribution is 6.07. The highest BCUT2D eigenvalue weighted by Crippen LogP contribution is 2.34. The Morgan fingerprint density at radius 2 is 1.62 bits per heavy atom. The molecule has 4 nitrogen and oxygen atoms in total. The van der Waals surface area contributed by atoms with Crippen LogP contribution in [-0.2, 0) is 15.7 Å². The van der Waals surface area contributed by atoms with E-state index in [1.54, 1.807) is 0 Å². The molecule has 1 saturated heterocycles. The van der Waals surface area contributed by atoms with Gasteiger partial charge in [-0.1, -0.05) is 64.3 Å². The molecule has 0 bridgehead atoms. The van der Waals surface area contributed by atoms with Crippen molar-refractivity contribution in [1.82, 2.24) is 10.2 Å². The summed E-state index contributed by atoms with van der Waals surface area (Å²) in [5.41, 5.74) is 1.18. The van der Waals surface area contributed by atoms with Crippen LogP contribution in [0.15, 0.2) is 24.3 Å². The molecule has 1 N–H and O–H groups in total. The predicted molar refractivity (Wildman–Crippen MR) is 94.7 cm³/mol. The lowest BCUT2D eigenvalue weighted by atomic mass is 9.84. The van der Waals surface area contributed by atoms with Crippen LogP contribution in [0, 0.1) is 0 Å². The van der Waals surface area contributed by atoms with E-state index in [0.29, 0.717) is 0 Å². The minimum absolute atomic E-state index is 0.0573. The number of amides is 3. The third-order valence-corrected chi connectivity index (χ3v) is 5.49. The highest BCUT2D eigenvalue weighted by Gasteiger charge is 2.51. The number of nitrogens with one attached hydrogen (secondary N) is 1. The van der Waals surface area contributed by atoms with Crippen LogP contribution in [0.2, 0.25) is 0 Å². The van der Waals surface area contributed by atoms with Gasteiger partial charge in [0.1, 0.15) is 5.54 Å². The van der Waals surface area contributed by atoms with Gasteiger partial charge in [-0.3, -0.25) is 9.69 Å². The van der Waals surface area contributed by atoms with Gasteiger partial charge in [0.2, 0.25) is 0 Å². The van der Waals surface area contributed by atoms with Crippen molar-refractivity contribution in [3.63, 3.8) is 0 Å². The molecule has 0 radical (unpaired) electrons. The fourth-order valence-corrected chi connectivity index (χ4v) is 3.83. The summed E-state index contributed by atoms with van der Waals surface area (Å²) in [6, 6.07) is 7.88. The molecule has 1 aromatic carbocycles. The molecule has 3 amide bonds. The number of imide groups is 1. The second-order valence-corrected chi connectivity index (χ2v) is 8.35. The molecule has 1 heterocycles. The van der Waals surface area contributed by atoms with Crippen LogP contribution in [0.1, 0.15) is 70.9 Å². The van der Waals surface area contributed by atoms with Gasteiger partial charge >= 0.3 is 6.03 Å². The molecule has 2 fully saturated rings. The van der Waals surface area contributed by atoms with Crippen LogP contribution in [0.4, 0.5) is 4.79 Å². The lowest BCUT2D eigenvalue weighted by molar-refractivity contribution is -0.133. The minimum Gasteiger partial charge on any atom is -0.319 e. The number of carbonyl (C=O) groups is 2. The number of urea groups is 1. The van der Waals surface area contributed by atoms with Crippen molar-refractivity contribution < 1.29 is 9.59 Å². The maximum Gasteiger partial charge on any atom is 0.325 e. The van der Waals surface area contributed by atoms with Crippen LogP contribution in [-0.4, -0.2) is 22.9 Å². The van der Waals surface area contributed by atoms with Crippen LogP contribution < -0.4 is 5.32 Å². The van der Waals surface area contributed by atoms with Crippen molar-refractivity contribution in [1.29, 1.82) is 0 Å². The zero-order chi connectivity index (χ0) is 17.5. The van der Waals surface area contributed by atoms with Crippen LogP contribution in [0.25, 0.3) is 0 Å². The molecule has 1 saturated carbocycles. The number of benzene rings is 1. The largest absolute Gasteiger partial charge is 0.325 e. The molecule has 0 spiro atoms. The second-order valence-electron chi connectivity index (χ2n) is 8.35. The first-order valence-corrected chi connectivity index (χ1v) is 9.00. The summed E-state index contributed by atoms with van der Waals surface area (Å²) in [7, 11) is 0. The van der Waals surface area contributed by atoms with Gasteiger partial charge in [-0.2, -0.15) is 0 Å². The van der Waals surface area contributed by atoms with Gasteiger partial charge in [-0.05, 0) is 36.3 Å². The van der Waals surface area contributed by atoms with Crippen molar-refractivity contribution in [2.24, 2.45) is 0 Å². The second kappa shape index (κ2) is 5.91. The average Bonchev–Trinajstić information content (AvgIpc) is 2.78. The summed E-state index contributed by atoms with van der Waals surface area (Å²) < 4.78 is 0. The van der Waals surface area contributed by atoms with Crippen molar-refractivity contribution in [3.8, 4) is 0 Å². The molecule has 3 rings (SSSR count). The van der Waals surface area contributed by atoms with E-state index < -0.39 is 5.54 Å². The quantitative estimate of drug-likeness (QED) is 0.832. The molecule has 1 aliphatic heterocycles. The molecular formula is C20H28N2O2. The third kappa shape index (κ3) is 2.83. The van der Waals surface area contributed by atoms with Crippen LogP contribution in [0.3, 0.4) is 0 Å². The van der Waals surface area contributed by atoms with Gasteiger partial charge in [0.25, 0.3) is 5.91 Å². The molecule has 2 aliphatic rings. The van der Waals surface area contributed by atoms with E-state index in [2.05, 4.69) is 38.2 Å². The molecule has 130 valence electrons. The first-order chi connectivity index (χ1) is 11.2. The number of nitrogens with zero attached hydrogens (tertiary/aromatic N) is 1.